The molecule has 4 aliphatic rings. The summed E-state index contributed by atoms with van der Waals surface area (Å²) in [5.74, 6) is 2.88. The van der Waals surface area contributed by atoms with Crippen LogP contribution in [-0.4, -0.2) is 26.1 Å². The fourth-order valence-corrected chi connectivity index (χ4v) is 4.74. The predicted octanol–water partition coefficient (Wildman–Crippen LogP) is 3.96. The largest absolute Gasteiger partial charge is 0.493 e. The van der Waals surface area contributed by atoms with Gasteiger partial charge in [0.2, 0.25) is 6.20 Å². The molecule has 3 aliphatic carbocycles. The first kappa shape index (κ1) is 16.2. The molecule has 1 heterocycles. The lowest BCUT2D eigenvalue weighted by atomic mass is 9.57. The van der Waals surface area contributed by atoms with E-state index in [1.54, 1.807) is 27.5 Å². The second-order valence-corrected chi connectivity index (χ2v) is 7.37. The first-order chi connectivity index (χ1) is 12.0. The first-order valence-corrected chi connectivity index (χ1v) is 8.72. The molecule has 3 bridgehead atoms. The Morgan fingerprint density at radius 1 is 1.08 bits per heavy atom. The van der Waals surface area contributed by atoms with E-state index in [-0.39, 0.29) is 0 Å². The number of hydrogen-bond donors (Lipinski definition) is 0. The van der Waals surface area contributed by atoms with Crippen LogP contribution in [0.1, 0.15) is 26.2 Å². The normalized spacial score (nSPS) is 37.5. The zero-order valence-corrected chi connectivity index (χ0v) is 15.2. The van der Waals surface area contributed by atoms with Gasteiger partial charge < -0.3 is 14.2 Å². The Morgan fingerprint density at radius 3 is 2.52 bits per heavy atom. The smallest absolute Gasteiger partial charge is 0.419 e. The van der Waals surface area contributed by atoms with Crippen LogP contribution in [0.4, 0.5) is 0 Å². The number of methoxy groups -OCH3 is 3. The van der Waals surface area contributed by atoms with Gasteiger partial charge in [0.15, 0.2) is 11.5 Å². The van der Waals surface area contributed by atoms with Crippen molar-refractivity contribution in [3.05, 3.63) is 63.5 Å². The van der Waals surface area contributed by atoms with Gasteiger partial charge in [-0.05, 0) is 54.4 Å². The highest BCUT2D eigenvalue weighted by Gasteiger charge is 2.49. The van der Waals surface area contributed by atoms with Gasteiger partial charge in [-0.2, -0.15) is 0 Å². The lowest BCUT2D eigenvalue weighted by molar-refractivity contribution is -0.462. The second kappa shape index (κ2) is 5.61. The molecule has 25 heavy (non-hydrogen) atoms. The summed E-state index contributed by atoms with van der Waals surface area (Å²) in [5.41, 5.74) is 3.21. The third-order valence-corrected chi connectivity index (χ3v) is 6.05. The van der Waals surface area contributed by atoms with Crippen molar-refractivity contribution in [1.82, 2.24) is 0 Å². The van der Waals surface area contributed by atoms with E-state index in [1.807, 2.05) is 6.08 Å². The van der Waals surface area contributed by atoms with E-state index in [9.17, 15) is 4.91 Å². The molecule has 3 atom stereocenters. The van der Waals surface area contributed by atoms with E-state index < -0.39 is 5.41 Å². The van der Waals surface area contributed by atoms with Crippen LogP contribution in [0.25, 0.3) is 0 Å². The molecule has 1 fully saturated rings. The zero-order chi connectivity index (χ0) is 17.8. The van der Waals surface area contributed by atoms with Crippen molar-refractivity contribution >= 4 is 0 Å². The quantitative estimate of drug-likeness (QED) is 0.729. The number of hydrogen-bond acceptors (Lipinski definition) is 4. The molecule has 0 N–H and O–H groups in total. The SMILES string of the molecule is COC1=CC2=C3CC4CC2(C=C1OC)/C=C(/OC)[N+](=O)/C=C\3CC4C. The Morgan fingerprint density at radius 2 is 1.84 bits per heavy atom. The third kappa shape index (κ3) is 2.29. The molecule has 1 saturated carbocycles. The molecule has 0 aromatic heterocycles. The van der Waals surface area contributed by atoms with Crippen LogP contribution >= 0.6 is 0 Å². The molecule has 3 unspecified atom stereocenters. The van der Waals surface area contributed by atoms with Gasteiger partial charge in [-0.25, -0.2) is 0 Å². The van der Waals surface area contributed by atoms with Crippen molar-refractivity contribution in [3.63, 3.8) is 0 Å². The van der Waals surface area contributed by atoms with Crippen LogP contribution in [0.15, 0.2) is 58.5 Å². The summed E-state index contributed by atoms with van der Waals surface area (Å²) in [5, 5.41) is 0. The topological polar surface area (TPSA) is 47.8 Å². The van der Waals surface area contributed by atoms with Crippen molar-refractivity contribution in [2.45, 2.75) is 26.2 Å². The fraction of sp³-hybridized carbons (Fsp3) is 0.500. The highest BCUT2D eigenvalue weighted by atomic mass is 16.5. The fourth-order valence-electron chi connectivity index (χ4n) is 4.74. The van der Waals surface area contributed by atoms with E-state index in [0.29, 0.717) is 23.5 Å². The van der Waals surface area contributed by atoms with Gasteiger partial charge in [0.05, 0.1) is 21.3 Å². The van der Waals surface area contributed by atoms with Crippen LogP contribution in [0.2, 0.25) is 0 Å². The summed E-state index contributed by atoms with van der Waals surface area (Å²) < 4.78 is 17.4. The minimum Gasteiger partial charge on any atom is -0.493 e. The summed E-state index contributed by atoms with van der Waals surface area (Å²) in [6.07, 6.45) is 10.7. The monoisotopic (exact) mass is 342 g/mol. The second-order valence-electron chi connectivity index (χ2n) is 7.37. The Kier molecular flexibility index (Phi) is 3.63. The van der Waals surface area contributed by atoms with Crippen molar-refractivity contribution in [3.8, 4) is 0 Å². The van der Waals surface area contributed by atoms with Gasteiger partial charge in [0.25, 0.3) is 0 Å². The van der Waals surface area contributed by atoms with Crippen LogP contribution in [0.5, 0.6) is 0 Å². The molecule has 0 saturated heterocycles. The number of nitroso groups, excluding NO2 is 1. The van der Waals surface area contributed by atoms with Crippen molar-refractivity contribution in [2.24, 2.45) is 17.3 Å². The predicted molar refractivity (Wildman–Crippen MR) is 93.0 cm³/mol. The molecule has 132 valence electrons. The number of ether oxygens (including phenoxy) is 3. The summed E-state index contributed by atoms with van der Waals surface area (Å²) in [6, 6.07) is 0. The highest BCUT2D eigenvalue weighted by Crippen LogP contribution is 2.57. The van der Waals surface area contributed by atoms with Crippen LogP contribution < -0.4 is 0 Å². The van der Waals surface area contributed by atoms with Crippen molar-refractivity contribution in [2.75, 3.05) is 21.3 Å². The van der Waals surface area contributed by atoms with Gasteiger partial charge in [0.1, 0.15) is 4.76 Å². The summed E-state index contributed by atoms with van der Waals surface area (Å²) in [4.78, 5) is 12.6. The molecule has 1 aliphatic heterocycles. The van der Waals surface area contributed by atoms with Crippen molar-refractivity contribution in [1.29, 1.82) is 0 Å². The van der Waals surface area contributed by atoms with Crippen LogP contribution in [-0.2, 0) is 14.2 Å². The maximum atomic E-state index is 12.6. The van der Waals surface area contributed by atoms with Gasteiger partial charge in [-0.3, -0.25) is 0 Å². The molecular formula is C20H24NO4+. The van der Waals surface area contributed by atoms with Crippen molar-refractivity contribution < 1.29 is 19.0 Å². The summed E-state index contributed by atoms with van der Waals surface area (Å²) in [6.45, 7) is 2.28. The standard InChI is InChI=1S/C20H24NO4/c1-12-5-14-11-21(22)19(25-4)10-20-8-13(12)6-15(14)16(20)7-17(23-2)18(9-20)24-3/h7,9-13H,5-6,8H2,1-4H3/q+1/b14-11-,19-10+. The van der Waals surface area contributed by atoms with E-state index in [0.717, 1.165) is 35.4 Å². The molecule has 0 aromatic rings. The minimum absolute atomic E-state index is 0.324. The van der Waals surface area contributed by atoms with E-state index >= 15 is 0 Å². The summed E-state index contributed by atoms with van der Waals surface area (Å²) >= 11 is 0. The Bertz CT molecular complexity index is 799. The van der Waals surface area contributed by atoms with Crippen LogP contribution in [0, 0.1) is 22.2 Å². The average Bonchev–Trinajstić information content (AvgIpc) is 2.61. The lowest BCUT2D eigenvalue weighted by Crippen LogP contribution is -2.38. The number of allylic oxidation sites excluding steroid dienone is 6. The Hall–Kier alpha value is -2.30. The molecule has 0 amide bonds. The number of rotatable bonds is 3. The number of fused-ring (bicyclic) bond motifs is 1. The Balaban J connectivity index is 2.04. The van der Waals surface area contributed by atoms with Gasteiger partial charge in [0, 0.05) is 22.0 Å². The molecule has 0 radical (unpaired) electrons. The maximum absolute atomic E-state index is 12.6. The van der Waals surface area contributed by atoms with E-state index in [1.165, 1.54) is 11.1 Å². The van der Waals surface area contributed by atoms with Gasteiger partial charge in [-0.15, -0.1) is 0 Å². The van der Waals surface area contributed by atoms with E-state index in [4.69, 9.17) is 14.2 Å². The first-order valence-electron chi connectivity index (χ1n) is 8.72. The third-order valence-electron chi connectivity index (χ3n) is 6.05. The highest BCUT2D eigenvalue weighted by molar-refractivity contribution is 5.56. The van der Waals surface area contributed by atoms with E-state index in [2.05, 4.69) is 19.1 Å². The molecule has 4 rings (SSSR count). The molecule has 0 spiro atoms. The van der Waals surface area contributed by atoms with Gasteiger partial charge in [-0.1, -0.05) is 6.92 Å². The summed E-state index contributed by atoms with van der Waals surface area (Å²) in [7, 11) is 4.85. The maximum Gasteiger partial charge on any atom is 0.419 e. The molecule has 5 nitrogen and oxygen atoms in total. The zero-order valence-electron chi connectivity index (χ0n) is 15.2. The van der Waals surface area contributed by atoms with Gasteiger partial charge >= 0.3 is 5.88 Å². The molecular weight excluding hydrogens is 318 g/mol. The molecule has 0 aromatic carbocycles. The molecule has 5 heteroatoms. The lowest BCUT2D eigenvalue weighted by Gasteiger charge is -2.47. The number of nitrogens with zero attached hydrogens (tertiary/aromatic N) is 1. The Labute approximate surface area is 147 Å². The van der Waals surface area contributed by atoms with Crippen LogP contribution in [0.3, 0.4) is 0 Å². The minimum atomic E-state index is -0.395. The average molecular weight is 342 g/mol.